The monoisotopic (exact) mass is 802 g/mol. The molecule has 0 atom stereocenters. The average molecular weight is 803 g/mol. The minimum absolute atomic E-state index is 0.0883. The van der Waals surface area contributed by atoms with Gasteiger partial charge in [0.2, 0.25) is 0 Å². The number of ether oxygens (including phenoxy) is 3. The highest BCUT2D eigenvalue weighted by Crippen LogP contribution is 2.42. The van der Waals surface area contributed by atoms with Crippen LogP contribution in [0.1, 0.15) is 70.8 Å². The van der Waals surface area contributed by atoms with Crippen LogP contribution in [-0.2, 0) is 42.4 Å². The van der Waals surface area contributed by atoms with Crippen molar-refractivity contribution in [1.82, 2.24) is 29.4 Å². The fraction of sp³-hybridized carbons (Fsp3) is 0.341. The van der Waals surface area contributed by atoms with Gasteiger partial charge in [-0.1, -0.05) is 11.6 Å². The molecular weight excluding hydrogens is 759 g/mol. The number of amides is 1. The molecule has 6 aromatic rings. The van der Waals surface area contributed by atoms with Crippen molar-refractivity contribution >= 4 is 63.4 Å². The second kappa shape index (κ2) is 16.4. The van der Waals surface area contributed by atoms with Gasteiger partial charge in [-0.15, -0.1) is 11.8 Å². The van der Waals surface area contributed by atoms with Crippen LogP contribution < -0.4 is 10.1 Å². The minimum atomic E-state index is -0.669. The number of aryl methyl sites for hydroxylation is 4. The number of benzene rings is 3. The number of aromatic nitrogens is 5. The van der Waals surface area contributed by atoms with E-state index in [1.165, 1.54) is 31.0 Å². The number of hydrogen-bond donors (Lipinski definition) is 1. The number of hydrogen-bond acceptors (Lipinski definition) is 9. The number of aldehydes is 1. The summed E-state index contributed by atoms with van der Waals surface area (Å²) in [6.45, 7) is 9.94. The normalized spacial score (nSPS) is 11.7. The summed E-state index contributed by atoms with van der Waals surface area (Å²) in [6.07, 6.45) is 0.648. The zero-order chi connectivity index (χ0) is 40.5. The number of methoxy groups -OCH3 is 1. The highest BCUT2D eigenvalue weighted by atomic mass is 35.5. The van der Waals surface area contributed by atoms with Crippen LogP contribution in [0.15, 0.2) is 53.4 Å². The number of carbonyl (C=O) groups is 3. The first kappa shape index (κ1) is 40.3. The first-order chi connectivity index (χ1) is 26.6. The second-order valence-electron chi connectivity index (χ2n) is 14.4. The molecule has 1 amide bonds. The number of fused-ring (bicyclic) bond motifs is 2. The van der Waals surface area contributed by atoms with Gasteiger partial charge < -0.3 is 24.1 Å². The van der Waals surface area contributed by atoms with Crippen LogP contribution in [0.4, 0.5) is 9.18 Å². The Balaban J connectivity index is 1.29. The zero-order valence-electron chi connectivity index (χ0n) is 32.6. The third-order valence-electron chi connectivity index (χ3n) is 9.39. The third-order valence-corrected chi connectivity index (χ3v) is 10.7. The van der Waals surface area contributed by atoms with Crippen LogP contribution in [0.5, 0.6) is 5.75 Å². The highest BCUT2D eigenvalue weighted by Gasteiger charge is 2.28. The number of nitrogens with one attached hydrogen (secondary N) is 1. The number of carbonyl (C=O) groups excluding carboxylic acids is 3. The fourth-order valence-corrected chi connectivity index (χ4v) is 8.05. The van der Waals surface area contributed by atoms with Crippen molar-refractivity contribution in [2.24, 2.45) is 14.1 Å². The Labute approximate surface area is 333 Å². The summed E-state index contributed by atoms with van der Waals surface area (Å²) in [5.74, 6) is 0.285. The SMILES string of the molecule is COC(=O)c1c(C)c2c(-c3c(CNC(=O)OC(C)(C)C)nn(C)c3C)c(Cl)ccc2n1CCCOc1cc(SCc2cc(C=O)nn2C)cc2cc(F)ccc12. The summed E-state index contributed by atoms with van der Waals surface area (Å²) >= 11 is 8.51. The Morgan fingerprint density at radius 3 is 2.48 bits per heavy atom. The lowest BCUT2D eigenvalue weighted by Crippen LogP contribution is -2.32. The van der Waals surface area contributed by atoms with E-state index in [4.69, 9.17) is 30.9 Å². The molecule has 3 aromatic carbocycles. The maximum Gasteiger partial charge on any atom is 0.407 e. The van der Waals surface area contributed by atoms with E-state index >= 15 is 0 Å². The van der Waals surface area contributed by atoms with Gasteiger partial charge in [-0.25, -0.2) is 14.0 Å². The van der Waals surface area contributed by atoms with E-state index in [2.05, 4.69) is 10.4 Å². The van der Waals surface area contributed by atoms with Crippen LogP contribution >= 0.6 is 23.4 Å². The molecule has 15 heteroatoms. The Kier molecular flexibility index (Phi) is 11.8. The highest BCUT2D eigenvalue weighted by molar-refractivity contribution is 7.98. The summed E-state index contributed by atoms with van der Waals surface area (Å²) in [4.78, 5) is 38.1. The molecule has 0 radical (unpaired) electrons. The Morgan fingerprint density at radius 1 is 1.02 bits per heavy atom. The van der Waals surface area contributed by atoms with E-state index in [-0.39, 0.29) is 19.0 Å². The number of alkyl carbamates (subject to hydrolysis) is 1. The number of halogens is 2. The predicted molar refractivity (Wildman–Crippen MR) is 215 cm³/mol. The summed E-state index contributed by atoms with van der Waals surface area (Å²) in [6, 6.07) is 13.8. The predicted octanol–water partition coefficient (Wildman–Crippen LogP) is 8.72. The molecule has 0 aliphatic heterocycles. The van der Waals surface area contributed by atoms with E-state index < -0.39 is 17.7 Å². The molecule has 12 nitrogen and oxygen atoms in total. The lowest BCUT2D eigenvalue weighted by Gasteiger charge is -2.19. The van der Waals surface area contributed by atoms with Crippen LogP contribution in [0, 0.1) is 19.7 Å². The van der Waals surface area contributed by atoms with Gasteiger partial charge in [0.15, 0.2) is 6.29 Å². The maximum absolute atomic E-state index is 14.4. The Bertz CT molecular complexity index is 2480. The summed E-state index contributed by atoms with van der Waals surface area (Å²) in [5.41, 5.74) is 5.23. The molecule has 0 saturated heterocycles. The first-order valence-electron chi connectivity index (χ1n) is 18.0. The van der Waals surface area contributed by atoms with Gasteiger partial charge in [-0.3, -0.25) is 14.2 Å². The van der Waals surface area contributed by atoms with Gasteiger partial charge >= 0.3 is 12.1 Å². The molecule has 1 N–H and O–H groups in total. The Morgan fingerprint density at radius 2 is 1.79 bits per heavy atom. The molecule has 294 valence electrons. The van der Waals surface area contributed by atoms with Gasteiger partial charge in [0.05, 0.1) is 26.0 Å². The molecule has 0 bridgehead atoms. The molecule has 0 spiro atoms. The standard InChI is InChI=1S/C41H44ClFN6O6S/c1-23-35-33(13-12-31(42)37(35)36-24(2)47(6)46-32(36)20-44-40(52)55-41(3,4)5)49(38(23)39(51)53-8)14-9-15-54-34-19-29(17-25-16-26(43)10-11-30(25)34)56-22-28-18-27(21-50)45-48(28)7/h10-13,16-19,21H,9,14-15,20,22H2,1-8H3,(H,44,52). The van der Waals surface area contributed by atoms with Gasteiger partial charge in [-0.05, 0) is 101 Å². The minimum Gasteiger partial charge on any atom is -0.493 e. The van der Waals surface area contributed by atoms with Crippen molar-refractivity contribution in [3.63, 3.8) is 0 Å². The van der Waals surface area contributed by atoms with Crippen LogP contribution in [0.25, 0.3) is 32.8 Å². The summed E-state index contributed by atoms with van der Waals surface area (Å²) in [5, 5.41) is 14.4. The molecular formula is C41H44ClFN6O6S. The van der Waals surface area contributed by atoms with Crippen molar-refractivity contribution in [1.29, 1.82) is 0 Å². The van der Waals surface area contributed by atoms with E-state index in [9.17, 15) is 18.8 Å². The Hall–Kier alpha value is -5.34. The molecule has 56 heavy (non-hydrogen) atoms. The summed E-state index contributed by atoms with van der Waals surface area (Å²) < 4.78 is 36.8. The number of nitrogens with zero attached hydrogens (tertiary/aromatic N) is 5. The third kappa shape index (κ3) is 8.41. The van der Waals surface area contributed by atoms with Gasteiger partial charge in [-0.2, -0.15) is 10.2 Å². The van der Waals surface area contributed by atoms with E-state index in [1.807, 2.05) is 43.7 Å². The van der Waals surface area contributed by atoms with Crippen molar-refractivity contribution in [3.05, 3.63) is 93.4 Å². The topological polar surface area (TPSA) is 132 Å². The maximum atomic E-state index is 14.4. The zero-order valence-corrected chi connectivity index (χ0v) is 34.2. The lowest BCUT2D eigenvalue weighted by molar-refractivity contribution is 0.0521. The molecule has 0 fully saturated rings. The van der Waals surface area contributed by atoms with E-state index in [1.54, 1.807) is 55.4 Å². The second-order valence-corrected chi connectivity index (χ2v) is 15.9. The number of thioether (sulfide) groups is 1. The largest absolute Gasteiger partial charge is 0.493 e. The van der Waals surface area contributed by atoms with E-state index in [0.717, 1.165) is 38.1 Å². The lowest BCUT2D eigenvalue weighted by atomic mass is 9.96. The molecule has 6 rings (SSSR count). The van der Waals surface area contributed by atoms with Crippen molar-refractivity contribution in [3.8, 4) is 16.9 Å². The molecule has 3 heterocycles. The number of rotatable bonds is 13. The van der Waals surface area contributed by atoms with Crippen LogP contribution in [-0.4, -0.2) is 61.8 Å². The van der Waals surface area contributed by atoms with Gasteiger partial charge in [0.25, 0.3) is 0 Å². The van der Waals surface area contributed by atoms with Gasteiger partial charge in [0.1, 0.15) is 28.6 Å². The van der Waals surface area contributed by atoms with Crippen molar-refractivity contribution in [2.45, 2.75) is 70.4 Å². The van der Waals surface area contributed by atoms with Crippen molar-refractivity contribution < 1.29 is 33.0 Å². The molecule has 0 saturated carbocycles. The van der Waals surface area contributed by atoms with E-state index in [0.29, 0.717) is 69.4 Å². The first-order valence-corrected chi connectivity index (χ1v) is 19.3. The average Bonchev–Trinajstić information content (AvgIpc) is 3.75. The molecule has 0 unspecified atom stereocenters. The molecule has 0 aliphatic carbocycles. The smallest absolute Gasteiger partial charge is 0.407 e. The molecule has 0 aliphatic rings. The van der Waals surface area contributed by atoms with Crippen molar-refractivity contribution in [2.75, 3.05) is 13.7 Å². The van der Waals surface area contributed by atoms with Crippen LogP contribution in [0.3, 0.4) is 0 Å². The summed E-state index contributed by atoms with van der Waals surface area (Å²) in [7, 11) is 4.95. The quantitative estimate of drug-likeness (QED) is 0.0527. The molecule has 3 aromatic heterocycles. The fourth-order valence-electron chi connectivity index (χ4n) is 6.81. The van der Waals surface area contributed by atoms with Crippen LogP contribution in [0.2, 0.25) is 5.02 Å². The van der Waals surface area contributed by atoms with Gasteiger partial charge in [0, 0.05) is 75.1 Å². The number of esters is 1.